The minimum absolute atomic E-state index is 0.0762. The zero-order valence-corrected chi connectivity index (χ0v) is 11.8. The molecule has 0 bridgehead atoms. The molecular weight excluding hydrogens is 252 g/mol. The number of para-hydroxylation sites is 1. The van der Waals surface area contributed by atoms with Gasteiger partial charge in [-0.2, -0.15) is 0 Å². The van der Waals surface area contributed by atoms with Gasteiger partial charge in [0.05, 0.1) is 12.2 Å². The fourth-order valence-electron chi connectivity index (χ4n) is 2.64. The fourth-order valence-corrected chi connectivity index (χ4v) is 2.64. The van der Waals surface area contributed by atoms with Crippen LogP contribution in [0.4, 0.5) is 0 Å². The zero-order chi connectivity index (χ0) is 13.9. The summed E-state index contributed by atoms with van der Waals surface area (Å²) < 4.78 is 5.82. The lowest BCUT2D eigenvalue weighted by molar-refractivity contribution is 0.0783. The quantitative estimate of drug-likeness (QED) is 0.892. The second-order valence-corrected chi connectivity index (χ2v) is 5.89. The molecule has 2 N–H and O–H groups in total. The molecule has 20 heavy (non-hydrogen) atoms. The van der Waals surface area contributed by atoms with E-state index >= 15 is 0 Å². The number of benzene rings is 1. The van der Waals surface area contributed by atoms with E-state index in [1.807, 2.05) is 29.2 Å². The highest BCUT2D eigenvalue weighted by molar-refractivity contribution is 5.97. The Morgan fingerprint density at radius 2 is 2.05 bits per heavy atom. The summed E-state index contributed by atoms with van der Waals surface area (Å²) in [5.74, 6) is 1.93. The van der Waals surface area contributed by atoms with Gasteiger partial charge in [-0.3, -0.25) is 4.79 Å². The maximum Gasteiger partial charge on any atom is 0.257 e. The third kappa shape index (κ3) is 2.96. The Kier molecular flexibility index (Phi) is 3.92. The zero-order valence-electron chi connectivity index (χ0n) is 11.8. The van der Waals surface area contributed by atoms with E-state index in [1.165, 1.54) is 12.8 Å². The van der Waals surface area contributed by atoms with Crippen molar-refractivity contribution in [3.05, 3.63) is 29.8 Å². The number of carbonyl (C=O) groups excluding carboxylic acids is 1. The van der Waals surface area contributed by atoms with Gasteiger partial charge in [-0.05, 0) is 49.8 Å². The van der Waals surface area contributed by atoms with Crippen LogP contribution >= 0.6 is 0 Å². The lowest BCUT2D eigenvalue weighted by Crippen LogP contribution is -2.30. The van der Waals surface area contributed by atoms with Crippen LogP contribution in [0, 0.1) is 11.8 Å². The molecule has 1 saturated carbocycles. The molecule has 0 spiro atoms. The molecule has 4 nitrogen and oxygen atoms in total. The van der Waals surface area contributed by atoms with Crippen molar-refractivity contribution in [2.24, 2.45) is 17.6 Å². The predicted molar refractivity (Wildman–Crippen MR) is 77.7 cm³/mol. The average Bonchev–Trinajstić information content (AvgIpc) is 3.19. The van der Waals surface area contributed by atoms with Crippen LogP contribution in [-0.2, 0) is 0 Å². The number of rotatable bonds is 5. The molecule has 0 radical (unpaired) electrons. The van der Waals surface area contributed by atoms with Crippen molar-refractivity contribution in [3.63, 3.8) is 0 Å². The molecule has 2 fully saturated rings. The maximum absolute atomic E-state index is 12.6. The normalized spacial score (nSPS) is 22.1. The Morgan fingerprint density at radius 3 is 2.75 bits per heavy atom. The van der Waals surface area contributed by atoms with Crippen molar-refractivity contribution < 1.29 is 9.53 Å². The van der Waals surface area contributed by atoms with Crippen LogP contribution in [0.3, 0.4) is 0 Å². The Balaban J connectivity index is 1.70. The summed E-state index contributed by atoms with van der Waals surface area (Å²) in [6.07, 6.45) is 3.51. The topological polar surface area (TPSA) is 55.6 Å². The number of amides is 1. The van der Waals surface area contributed by atoms with Crippen LogP contribution in [-0.4, -0.2) is 37.0 Å². The average molecular weight is 274 g/mol. The van der Waals surface area contributed by atoms with Crippen molar-refractivity contribution in [3.8, 4) is 5.75 Å². The van der Waals surface area contributed by atoms with Crippen LogP contribution in [0.5, 0.6) is 5.75 Å². The summed E-state index contributed by atoms with van der Waals surface area (Å²) in [4.78, 5) is 14.5. The number of carbonyl (C=O) groups is 1. The number of nitrogens with two attached hydrogens (primary N) is 1. The van der Waals surface area contributed by atoms with Crippen LogP contribution in [0.2, 0.25) is 0 Å². The SMILES string of the molecule is NCC1CCN(C(=O)c2ccccc2OCC2CC2)C1. The number of hydrogen-bond acceptors (Lipinski definition) is 3. The van der Waals surface area contributed by atoms with Gasteiger partial charge in [0, 0.05) is 13.1 Å². The summed E-state index contributed by atoms with van der Waals surface area (Å²) in [7, 11) is 0. The van der Waals surface area contributed by atoms with E-state index in [0.29, 0.717) is 23.9 Å². The number of hydrogen-bond donors (Lipinski definition) is 1. The number of ether oxygens (including phenoxy) is 1. The highest BCUT2D eigenvalue weighted by Crippen LogP contribution is 2.31. The highest BCUT2D eigenvalue weighted by Gasteiger charge is 2.28. The molecule has 1 heterocycles. The van der Waals surface area contributed by atoms with Crippen molar-refractivity contribution in [2.75, 3.05) is 26.2 Å². The van der Waals surface area contributed by atoms with Crippen LogP contribution in [0.1, 0.15) is 29.6 Å². The smallest absolute Gasteiger partial charge is 0.257 e. The Hall–Kier alpha value is -1.55. The van der Waals surface area contributed by atoms with Gasteiger partial charge in [-0.1, -0.05) is 12.1 Å². The largest absolute Gasteiger partial charge is 0.492 e. The van der Waals surface area contributed by atoms with E-state index in [2.05, 4.69) is 0 Å². The van der Waals surface area contributed by atoms with Crippen molar-refractivity contribution in [2.45, 2.75) is 19.3 Å². The van der Waals surface area contributed by atoms with Gasteiger partial charge in [0.25, 0.3) is 5.91 Å². The molecule has 1 atom stereocenters. The van der Waals surface area contributed by atoms with Crippen molar-refractivity contribution in [1.29, 1.82) is 0 Å². The Morgan fingerprint density at radius 1 is 1.25 bits per heavy atom. The summed E-state index contributed by atoms with van der Waals surface area (Å²) in [5, 5.41) is 0. The molecule has 0 aromatic heterocycles. The van der Waals surface area contributed by atoms with E-state index in [4.69, 9.17) is 10.5 Å². The van der Waals surface area contributed by atoms with Crippen LogP contribution in [0.25, 0.3) is 0 Å². The Labute approximate surface area is 119 Å². The van der Waals surface area contributed by atoms with E-state index in [-0.39, 0.29) is 5.91 Å². The highest BCUT2D eigenvalue weighted by atomic mass is 16.5. The summed E-state index contributed by atoms with van der Waals surface area (Å²) >= 11 is 0. The van der Waals surface area contributed by atoms with Gasteiger partial charge in [-0.15, -0.1) is 0 Å². The third-order valence-corrected chi connectivity index (χ3v) is 4.20. The first-order valence-corrected chi connectivity index (χ1v) is 7.49. The predicted octanol–water partition coefficient (Wildman–Crippen LogP) is 1.90. The minimum Gasteiger partial charge on any atom is -0.492 e. The van der Waals surface area contributed by atoms with Gasteiger partial charge in [-0.25, -0.2) is 0 Å². The van der Waals surface area contributed by atoms with Crippen LogP contribution < -0.4 is 10.5 Å². The molecule has 1 aromatic rings. The first-order chi connectivity index (χ1) is 9.78. The molecular formula is C16H22N2O2. The first-order valence-electron chi connectivity index (χ1n) is 7.49. The summed E-state index contributed by atoms with van der Waals surface area (Å²) in [6.45, 7) is 2.96. The van der Waals surface area contributed by atoms with Crippen molar-refractivity contribution in [1.82, 2.24) is 4.90 Å². The van der Waals surface area contributed by atoms with Crippen LogP contribution in [0.15, 0.2) is 24.3 Å². The lowest BCUT2D eigenvalue weighted by Gasteiger charge is -2.18. The van der Waals surface area contributed by atoms with Gasteiger partial charge in [0.1, 0.15) is 5.75 Å². The summed E-state index contributed by atoms with van der Waals surface area (Å²) in [5.41, 5.74) is 6.38. The third-order valence-electron chi connectivity index (χ3n) is 4.20. The first kappa shape index (κ1) is 13.4. The van der Waals surface area contributed by atoms with Gasteiger partial charge >= 0.3 is 0 Å². The molecule has 1 unspecified atom stereocenters. The Bertz CT molecular complexity index is 485. The molecule has 108 valence electrons. The minimum atomic E-state index is 0.0762. The monoisotopic (exact) mass is 274 g/mol. The van der Waals surface area contributed by atoms with E-state index < -0.39 is 0 Å². The van der Waals surface area contributed by atoms with E-state index in [9.17, 15) is 4.79 Å². The molecule has 1 aliphatic heterocycles. The maximum atomic E-state index is 12.6. The van der Waals surface area contributed by atoms with Gasteiger partial charge in [0.2, 0.25) is 0 Å². The molecule has 1 saturated heterocycles. The van der Waals surface area contributed by atoms with E-state index in [1.54, 1.807) is 0 Å². The van der Waals surface area contributed by atoms with Gasteiger partial charge in [0.15, 0.2) is 0 Å². The molecule has 4 heteroatoms. The van der Waals surface area contributed by atoms with Crippen molar-refractivity contribution >= 4 is 5.91 Å². The lowest BCUT2D eigenvalue weighted by atomic mass is 10.1. The molecule has 2 aliphatic rings. The second kappa shape index (κ2) is 5.83. The molecule has 1 aliphatic carbocycles. The number of likely N-dealkylation sites (tertiary alicyclic amines) is 1. The van der Waals surface area contributed by atoms with Gasteiger partial charge < -0.3 is 15.4 Å². The molecule has 1 amide bonds. The standard InChI is InChI=1S/C16H22N2O2/c17-9-13-7-8-18(10-13)16(19)14-3-1-2-4-15(14)20-11-12-5-6-12/h1-4,12-13H,5-11,17H2. The molecule has 3 rings (SSSR count). The second-order valence-electron chi connectivity index (χ2n) is 5.89. The number of nitrogens with zero attached hydrogens (tertiary/aromatic N) is 1. The summed E-state index contributed by atoms with van der Waals surface area (Å²) in [6, 6.07) is 7.58. The van der Waals surface area contributed by atoms with E-state index in [0.717, 1.165) is 31.9 Å². The fraction of sp³-hybridized carbons (Fsp3) is 0.562. The molecule has 1 aromatic carbocycles.